The molecule has 30 heavy (non-hydrogen) atoms. The van der Waals surface area contributed by atoms with Crippen molar-refractivity contribution in [1.29, 1.82) is 5.26 Å². The first kappa shape index (κ1) is 19.1. The molecule has 4 aromatic rings. The molecule has 0 aliphatic carbocycles. The fraction of sp³-hybridized carbons (Fsp3) is 0.0833. The van der Waals surface area contributed by atoms with Gasteiger partial charge in [0.2, 0.25) is 0 Å². The maximum Gasteiger partial charge on any atom is 0.269 e. The lowest BCUT2D eigenvalue weighted by Gasteiger charge is -2.10. The highest BCUT2D eigenvalue weighted by molar-refractivity contribution is 5.90. The van der Waals surface area contributed by atoms with E-state index in [1.54, 1.807) is 18.3 Å². The van der Waals surface area contributed by atoms with Crippen LogP contribution in [-0.4, -0.2) is 14.5 Å². The van der Waals surface area contributed by atoms with Crippen LogP contribution >= 0.6 is 0 Å². The maximum absolute atomic E-state index is 10.9. The van der Waals surface area contributed by atoms with Gasteiger partial charge in [0.05, 0.1) is 22.1 Å². The van der Waals surface area contributed by atoms with E-state index < -0.39 is 4.92 Å². The molecule has 0 fully saturated rings. The summed E-state index contributed by atoms with van der Waals surface area (Å²) in [7, 11) is 0. The molecule has 0 atom stereocenters. The van der Waals surface area contributed by atoms with Crippen LogP contribution in [0.5, 0.6) is 0 Å². The molecule has 6 nitrogen and oxygen atoms in total. The summed E-state index contributed by atoms with van der Waals surface area (Å²) >= 11 is 0. The van der Waals surface area contributed by atoms with E-state index in [4.69, 9.17) is 0 Å². The molecule has 0 aliphatic rings. The largest absolute Gasteiger partial charge is 0.318 e. The van der Waals surface area contributed by atoms with Crippen LogP contribution in [0.1, 0.15) is 22.5 Å². The predicted octanol–water partition coefficient (Wildman–Crippen LogP) is 5.61. The van der Waals surface area contributed by atoms with Crippen molar-refractivity contribution in [1.82, 2.24) is 9.55 Å². The number of aryl methyl sites for hydroxylation is 1. The Hall–Kier alpha value is -4.24. The Balaban J connectivity index is 1.76. The van der Waals surface area contributed by atoms with E-state index in [1.165, 1.54) is 12.1 Å². The van der Waals surface area contributed by atoms with Crippen LogP contribution in [0.3, 0.4) is 0 Å². The highest BCUT2D eigenvalue weighted by atomic mass is 16.6. The van der Waals surface area contributed by atoms with Crippen LogP contribution in [0.15, 0.2) is 66.9 Å². The average Bonchev–Trinajstić information content (AvgIpc) is 3.04. The summed E-state index contributed by atoms with van der Waals surface area (Å²) in [6.45, 7) is 4.03. The number of rotatable bonds is 4. The Morgan fingerprint density at radius 1 is 1.13 bits per heavy atom. The van der Waals surface area contributed by atoms with Crippen LogP contribution < -0.4 is 0 Å². The second kappa shape index (κ2) is 7.64. The molecule has 0 aliphatic heterocycles. The molecular weight excluding hydrogens is 376 g/mol. The predicted molar refractivity (Wildman–Crippen MR) is 117 cm³/mol. The smallest absolute Gasteiger partial charge is 0.269 e. The fourth-order valence-corrected chi connectivity index (χ4v) is 3.63. The molecule has 0 bridgehead atoms. The number of nitro benzene ring substituents is 1. The molecule has 0 N–H and O–H groups in total. The van der Waals surface area contributed by atoms with Crippen LogP contribution in [0, 0.1) is 35.3 Å². The molecule has 6 heteroatoms. The lowest BCUT2D eigenvalue weighted by Crippen LogP contribution is -1.99. The highest BCUT2D eigenvalue weighted by Crippen LogP contribution is 2.27. The zero-order valence-electron chi connectivity index (χ0n) is 16.5. The summed E-state index contributed by atoms with van der Waals surface area (Å²) < 4.78 is 2.14. The number of hydrogen-bond acceptors (Lipinski definition) is 4. The lowest BCUT2D eigenvalue weighted by atomic mass is 10.0. The normalized spacial score (nSPS) is 11.4. The van der Waals surface area contributed by atoms with E-state index in [2.05, 4.69) is 21.7 Å². The Labute approximate surface area is 173 Å². The summed E-state index contributed by atoms with van der Waals surface area (Å²) in [5.74, 6) is 0. The minimum atomic E-state index is -0.452. The second-order valence-electron chi connectivity index (χ2n) is 7.02. The number of aromatic nitrogens is 2. The average molecular weight is 394 g/mol. The Morgan fingerprint density at radius 3 is 2.60 bits per heavy atom. The van der Waals surface area contributed by atoms with Crippen molar-refractivity contribution in [2.75, 3.05) is 0 Å². The summed E-state index contributed by atoms with van der Waals surface area (Å²) in [6.07, 6.45) is 3.60. The monoisotopic (exact) mass is 394 g/mol. The maximum atomic E-state index is 10.9. The van der Waals surface area contributed by atoms with E-state index in [-0.39, 0.29) is 5.69 Å². The van der Waals surface area contributed by atoms with Crippen LogP contribution in [-0.2, 0) is 0 Å². The van der Waals surface area contributed by atoms with Gasteiger partial charge in [-0.2, -0.15) is 5.26 Å². The topological polar surface area (TPSA) is 84.7 Å². The minimum Gasteiger partial charge on any atom is -0.318 e. The van der Waals surface area contributed by atoms with Crippen LogP contribution in [0.2, 0.25) is 0 Å². The number of hydrogen-bond donors (Lipinski definition) is 0. The molecule has 0 unspecified atom stereocenters. The third-order valence-electron chi connectivity index (χ3n) is 5.12. The van der Waals surface area contributed by atoms with Gasteiger partial charge < -0.3 is 4.57 Å². The number of pyridine rings is 1. The van der Waals surface area contributed by atoms with Gasteiger partial charge in [-0.1, -0.05) is 6.07 Å². The van der Waals surface area contributed by atoms with Gasteiger partial charge in [-0.25, -0.2) is 0 Å². The van der Waals surface area contributed by atoms with Crippen LogP contribution in [0.25, 0.3) is 28.2 Å². The Morgan fingerprint density at radius 2 is 1.90 bits per heavy atom. The summed E-state index contributed by atoms with van der Waals surface area (Å²) in [4.78, 5) is 14.8. The molecule has 0 radical (unpaired) electrons. The molecule has 0 amide bonds. The zero-order valence-corrected chi connectivity index (χ0v) is 16.5. The van der Waals surface area contributed by atoms with Gasteiger partial charge in [0.1, 0.15) is 0 Å². The number of benzene rings is 2. The summed E-state index contributed by atoms with van der Waals surface area (Å²) in [5.41, 5.74) is 6.03. The van der Waals surface area contributed by atoms with Crippen molar-refractivity contribution in [2.45, 2.75) is 13.8 Å². The van der Waals surface area contributed by atoms with Crippen molar-refractivity contribution in [2.24, 2.45) is 0 Å². The molecule has 0 saturated heterocycles. The SMILES string of the molecule is Cc1cc(/C=C(/C#N)c2ccc([N+](=O)[O-])cc2)c(C)n1-c1ccc2ncccc2c1. The van der Waals surface area contributed by atoms with Crippen molar-refractivity contribution < 1.29 is 4.92 Å². The van der Waals surface area contributed by atoms with Crippen molar-refractivity contribution in [3.63, 3.8) is 0 Å². The zero-order chi connectivity index (χ0) is 21.3. The van der Waals surface area contributed by atoms with Gasteiger partial charge in [0, 0.05) is 40.8 Å². The molecule has 146 valence electrons. The second-order valence-corrected chi connectivity index (χ2v) is 7.02. The first-order chi connectivity index (χ1) is 14.5. The lowest BCUT2D eigenvalue weighted by molar-refractivity contribution is -0.384. The fourth-order valence-electron chi connectivity index (χ4n) is 3.63. The van der Waals surface area contributed by atoms with E-state index in [9.17, 15) is 15.4 Å². The summed E-state index contributed by atoms with van der Waals surface area (Å²) in [5, 5.41) is 21.6. The first-order valence-electron chi connectivity index (χ1n) is 9.38. The van der Waals surface area contributed by atoms with E-state index >= 15 is 0 Å². The quantitative estimate of drug-likeness (QED) is 0.256. The van der Waals surface area contributed by atoms with Gasteiger partial charge in [-0.05, 0) is 73.5 Å². The number of nitrogens with zero attached hydrogens (tertiary/aromatic N) is 4. The third-order valence-corrected chi connectivity index (χ3v) is 5.12. The molecule has 2 aromatic carbocycles. The van der Waals surface area contributed by atoms with E-state index in [0.717, 1.165) is 33.5 Å². The summed E-state index contributed by atoms with van der Waals surface area (Å²) in [6, 6.07) is 20.3. The van der Waals surface area contributed by atoms with Gasteiger partial charge in [-0.3, -0.25) is 15.1 Å². The molecule has 2 aromatic heterocycles. The number of fused-ring (bicyclic) bond motifs is 1. The van der Waals surface area contributed by atoms with Crippen molar-refractivity contribution >= 4 is 28.2 Å². The van der Waals surface area contributed by atoms with Gasteiger partial charge in [-0.15, -0.1) is 0 Å². The van der Waals surface area contributed by atoms with E-state index in [1.807, 2.05) is 50.3 Å². The standard InChI is InChI=1S/C24H18N4O2/c1-16-12-20(13-21(15-25)18-5-7-22(8-6-18)28(29)30)17(2)27(16)23-9-10-24-19(14-23)4-3-11-26-24/h3-14H,1-2H3/b21-13-. The third kappa shape index (κ3) is 3.45. The molecule has 0 saturated carbocycles. The molecule has 2 heterocycles. The number of nitriles is 1. The molecular formula is C24H18N4O2. The van der Waals surface area contributed by atoms with Gasteiger partial charge in [0.25, 0.3) is 5.69 Å². The number of nitro groups is 1. The minimum absolute atomic E-state index is 0.0000108. The van der Waals surface area contributed by atoms with Gasteiger partial charge in [0.15, 0.2) is 0 Å². The van der Waals surface area contributed by atoms with Crippen molar-refractivity contribution in [3.8, 4) is 11.8 Å². The Kier molecular flexibility index (Phi) is 4.87. The number of allylic oxidation sites excluding steroid dienone is 1. The number of non-ortho nitro benzene ring substituents is 1. The van der Waals surface area contributed by atoms with Gasteiger partial charge >= 0.3 is 0 Å². The highest BCUT2D eigenvalue weighted by Gasteiger charge is 2.12. The van der Waals surface area contributed by atoms with Crippen LogP contribution in [0.4, 0.5) is 5.69 Å². The Bertz CT molecular complexity index is 1340. The first-order valence-corrected chi connectivity index (χ1v) is 9.38. The molecule has 4 rings (SSSR count). The van der Waals surface area contributed by atoms with Crippen molar-refractivity contribution in [3.05, 3.63) is 99.5 Å². The van der Waals surface area contributed by atoms with E-state index in [0.29, 0.717) is 11.1 Å². The molecule has 0 spiro atoms.